The highest BCUT2D eigenvalue weighted by Crippen LogP contribution is 2.50. The number of nitro groups is 1. The zero-order valence-corrected chi connectivity index (χ0v) is 14.4. The number of fused-ring (bicyclic) bond motifs is 3. The molecule has 0 bridgehead atoms. The van der Waals surface area contributed by atoms with Crippen molar-refractivity contribution in [1.29, 1.82) is 0 Å². The Kier molecular flexibility index (Phi) is 3.60. The number of halogens is 1. The molecule has 1 aliphatic carbocycles. The van der Waals surface area contributed by atoms with Crippen molar-refractivity contribution in [2.24, 2.45) is 5.92 Å². The van der Waals surface area contributed by atoms with E-state index in [9.17, 15) is 10.1 Å². The molecule has 5 heteroatoms. The number of allylic oxidation sites excluding steroid dienone is 2. The number of hydrogen-bond acceptors (Lipinski definition) is 3. The Morgan fingerprint density at radius 1 is 1.17 bits per heavy atom. The van der Waals surface area contributed by atoms with Crippen molar-refractivity contribution < 1.29 is 4.92 Å². The number of nitrogens with zero attached hydrogens (tertiary/aromatic N) is 1. The van der Waals surface area contributed by atoms with Crippen molar-refractivity contribution in [2.75, 3.05) is 5.32 Å². The van der Waals surface area contributed by atoms with Crippen molar-refractivity contribution in [3.05, 3.63) is 79.4 Å². The summed E-state index contributed by atoms with van der Waals surface area (Å²) in [5, 5.41) is 14.5. The van der Waals surface area contributed by atoms with Crippen LogP contribution < -0.4 is 5.32 Å². The molecule has 2 aromatic carbocycles. The van der Waals surface area contributed by atoms with Gasteiger partial charge in [-0.3, -0.25) is 10.1 Å². The van der Waals surface area contributed by atoms with Gasteiger partial charge in [0.2, 0.25) is 0 Å². The molecule has 4 rings (SSSR count). The van der Waals surface area contributed by atoms with Gasteiger partial charge >= 0.3 is 0 Å². The van der Waals surface area contributed by atoms with Crippen LogP contribution >= 0.6 is 22.6 Å². The zero-order chi connectivity index (χ0) is 16.0. The third kappa shape index (κ3) is 2.43. The molecular weight excluding hydrogens is 403 g/mol. The quantitative estimate of drug-likeness (QED) is 0.322. The van der Waals surface area contributed by atoms with Crippen LogP contribution in [0.4, 0.5) is 11.4 Å². The molecule has 23 heavy (non-hydrogen) atoms. The number of hydrogen-bond donors (Lipinski definition) is 1. The van der Waals surface area contributed by atoms with Crippen LogP contribution in [0, 0.1) is 19.6 Å². The van der Waals surface area contributed by atoms with Crippen LogP contribution in [0.5, 0.6) is 0 Å². The molecule has 0 saturated carbocycles. The number of benzene rings is 2. The number of nitro benzene ring substituents is 1. The molecule has 0 fully saturated rings. The fourth-order valence-electron chi connectivity index (χ4n) is 3.72. The number of rotatable bonds is 2. The van der Waals surface area contributed by atoms with Gasteiger partial charge in [0.15, 0.2) is 0 Å². The summed E-state index contributed by atoms with van der Waals surface area (Å²) in [6, 6.07) is 13.6. The van der Waals surface area contributed by atoms with Crippen LogP contribution in [0.15, 0.2) is 54.6 Å². The average molecular weight is 418 g/mol. The maximum atomic E-state index is 10.9. The van der Waals surface area contributed by atoms with E-state index in [2.05, 4.69) is 58.3 Å². The number of non-ortho nitro benzene ring substituents is 1. The van der Waals surface area contributed by atoms with Crippen molar-refractivity contribution >= 4 is 34.0 Å². The molecule has 116 valence electrons. The lowest BCUT2D eigenvalue weighted by atomic mass is 9.77. The van der Waals surface area contributed by atoms with E-state index in [1.54, 1.807) is 12.1 Å². The SMILES string of the molecule is O=[N+]([O-])c1ccc(C2Nc3c(I)cccc3C3C=CCC32)cc1. The summed E-state index contributed by atoms with van der Waals surface area (Å²) in [5.74, 6) is 0.878. The molecule has 2 aliphatic rings. The lowest BCUT2D eigenvalue weighted by Gasteiger charge is -2.38. The molecule has 0 aromatic heterocycles. The number of anilines is 1. The largest absolute Gasteiger partial charge is 0.377 e. The van der Waals surface area contributed by atoms with Gasteiger partial charge in [0.25, 0.3) is 5.69 Å². The lowest BCUT2D eigenvalue weighted by Crippen LogP contribution is -2.29. The molecular formula is C18H15IN2O2. The fourth-order valence-corrected chi connectivity index (χ4v) is 4.39. The normalized spacial score (nSPS) is 24.7. The Morgan fingerprint density at radius 2 is 1.96 bits per heavy atom. The Bertz CT molecular complexity index is 801. The van der Waals surface area contributed by atoms with Crippen molar-refractivity contribution in [3.8, 4) is 0 Å². The second kappa shape index (κ2) is 5.63. The smallest absolute Gasteiger partial charge is 0.269 e. The van der Waals surface area contributed by atoms with Gasteiger partial charge in [-0.1, -0.05) is 36.4 Å². The van der Waals surface area contributed by atoms with Gasteiger partial charge in [-0.05, 0) is 52.1 Å². The second-order valence-corrected chi connectivity index (χ2v) is 7.19. The maximum absolute atomic E-state index is 10.9. The molecule has 3 unspecified atom stereocenters. The molecule has 0 spiro atoms. The maximum Gasteiger partial charge on any atom is 0.269 e. The minimum absolute atomic E-state index is 0.139. The Morgan fingerprint density at radius 3 is 2.70 bits per heavy atom. The summed E-state index contributed by atoms with van der Waals surface area (Å²) in [7, 11) is 0. The van der Waals surface area contributed by atoms with Gasteiger partial charge in [0, 0.05) is 21.6 Å². The third-order valence-electron chi connectivity index (χ3n) is 4.81. The number of nitrogens with one attached hydrogen (secondary N) is 1. The van der Waals surface area contributed by atoms with Crippen LogP contribution in [0.2, 0.25) is 0 Å². The summed E-state index contributed by atoms with van der Waals surface area (Å²) in [6.07, 6.45) is 5.59. The van der Waals surface area contributed by atoms with E-state index in [4.69, 9.17) is 0 Å². The van der Waals surface area contributed by atoms with Gasteiger partial charge in [-0.15, -0.1) is 0 Å². The number of para-hydroxylation sites is 1. The van der Waals surface area contributed by atoms with Crippen molar-refractivity contribution in [1.82, 2.24) is 0 Å². The van der Waals surface area contributed by atoms with E-state index in [0.717, 1.165) is 12.0 Å². The predicted molar refractivity (Wildman–Crippen MR) is 98.6 cm³/mol. The van der Waals surface area contributed by atoms with Crippen molar-refractivity contribution in [2.45, 2.75) is 18.4 Å². The third-order valence-corrected chi connectivity index (χ3v) is 5.71. The average Bonchev–Trinajstić information content (AvgIpc) is 3.04. The minimum Gasteiger partial charge on any atom is -0.377 e. The topological polar surface area (TPSA) is 55.2 Å². The molecule has 4 nitrogen and oxygen atoms in total. The van der Waals surface area contributed by atoms with Gasteiger partial charge in [-0.2, -0.15) is 0 Å². The molecule has 0 saturated heterocycles. The standard InChI is InChI=1S/C18H15IN2O2/c19-16-6-2-5-15-13-3-1-4-14(13)17(20-18(15)16)11-7-9-12(10-8-11)21(22)23/h1-3,5-10,13-14,17,20H,4H2. The van der Waals surface area contributed by atoms with Gasteiger partial charge in [-0.25, -0.2) is 0 Å². The van der Waals surface area contributed by atoms with E-state index < -0.39 is 0 Å². The van der Waals surface area contributed by atoms with Gasteiger partial charge in [0.1, 0.15) is 0 Å². The van der Waals surface area contributed by atoms with Gasteiger partial charge in [0.05, 0.1) is 16.7 Å². The summed E-state index contributed by atoms with van der Waals surface area (Å²) >= 11 is 2.36. The summed E-state index contributed by atoms with van der Waals surface area (Å²) in [5.41, 5.74) is 3.80. The first-order chi connectivity index (χ1) is 11.1. The summed E-state index contributed by atoms with van der Waals surface area (Å²) < 4.78 is 1.21. The van der Waals surface area contributed by atoms with Crippen LogP contribution in [0.3, 0.4) is 0 Å². The Balaban J connectivity index is 1.75. The molecule has 2 aromatic rings. The van der Waals surface area contributed by atoms with Crippen molar-refractivity contribution in [3.63, 3.8) is 0 Å². The summed E-state index contributed by atoms with van der Waals surface area (Å²) in [4.78, 5) is 10.5. The minimum atomic E-state index is -0.351. The van der Waals surface area contributed by atoms with Crippen LogP contribution in [0.25, 0.3) is 0 Å². The second-order valence-electron chi connectivity index (χ2n) is 6.03. The monoisotopic (exact) mass is 418 g/mol. The Labute approximate surface area is 147 Å². The predicted octanol–water partition coefficient (Wildman–Crippen LogP) is 5.03. The molecule has 0 radical (unpaired) electrons. The first-order valence-corrected chi connectivity index (χ1v) is 8.69. The molecule has 0 amide bonds. The van der Waals surface area contributed by atoms with E-state index in [-0.39, 0.29) is 16.7 Å². The first kappa shape index (κ1) is 14.7. The van der Waals surface area contributed by atoms with Crippen LogP contribution in [-0.2, 0) is 0 Å². The van der Waals surface area contributed by atoms with Gasteiger partial charge < -0.3 is 5.32 Å². The fraction of sp³-hybridized carbons (Fsp3) is 0.222. The highest BCUT2D eigenvalue weighted by atomic mass is 127. The molecule has 1 aliphatic heterocycles. The first-order valence-electron chi connectivity index (χ1n) is 7.61. The molecule has 1 N–H and O–H groups in total. The van der Waals surface area contributed by atoms with E-state index in [0.29, 0.717) is 11.8 Å². The highest BCUT2D eigenvalue weighted by molar-refractivity contribution is 14.1. The molecule has 1 heterocycles. The lowest BCUT2D eigenvalue weighted by molar-refractivity contribution is -0.384. The van der Waals surface area contributed by atoms with E-state index >= 15 is 0 Å². The van der Waals surface area contributed by atoms with E-state index in [1.807, 2.05) is 12.1 Å². The zero-order valence-electron chi connectivity index (χ0n) is 12.3. The Hall–Kier alpha value is -1.89. The summed E-state index contributed by atoms with van der Waals surface area (Å²) in [6.45, 7) is 0. The van der Waals surface area contributed by atoms with Crippen LogP contribution in [-0.4, -0.2) is 4.92 Å². The highest BCUT2D eigenvalue weighted by Gasteiger charge is 2.38. The van der Waals surface area contributed by atoms with Crippen LogP contribution in [0.1, 0.15) is 29.5 Å². The van der Waals surface area contributed by atoms with E-state index in [1.165, 1.54) is 14.8 Å². The molecule has 3 atom stereocenters.